The normalized spacial score (nSPS) is 13.5. The molecule has 0 saturated heterocycles. The first-order valence-electron chi connectivity index (χ1n) is 6.38. The molecule has 1 amide bonds. The van der Waals surface area contributed by atoms with E-state index in [0.717, 1.165) is 0 Å². The van der Waals surface area contributed by atoms with Crippen molar-refractivity contribution in [2.24, 2.45) is 5.28 Å². The monoisotopic (exact) mass is 330 g/mol. The Balaban J connectivity index is 2.48. The van der Waals surface area contributed by atoms with Crippen LogP contribution in [0.1, 0.15) is 6.92 Å². The fourth-order valence-electron chi connectivity index (χ4n) is 1.53. The zero-order valence-corrected chi connectivity index (χ0v) is 13.0. The maximum absolute atomic E-state index is 12.0. The van der Waals surface area contributed by atoms with Crippen LogP contribution < -0.4 is 10.0 Å². The van der Waals surface area contributed by atoms with Gasteiger partial charge in [0.2, 0.25) is 10.0 Å². The Bertz CT molecular complexity index is 618. The first kappa shape index (κ1) is 17.9. The van der Waals surface area contributed by atoms with Gasteiger partial charge < -0.3 is 15.4 Å². The average molecular weight is 330 g/mol. The summed E-state index contributed by atoms with van der Waals surface area (Å²) in [6.07, 6.45) is 0. The van der Waals surface area contributed by atoms with Crippen LogP contribution >= 0.6 is 0 Å². The molecule has 0 aromatic heterocycles. The topological polar surface area (TPSA) is 123 Å². The lowest BCUT2D eigenvalue weighted by Gasteiger charge is -2.14. The van der Waals surface area contributed by atoms with Crippen molar-refractivity contribution in [3.05, 3.63) is 35.5 Å². The largest absolute Gasteiger partial charge is 0.597 e. The van der Waals surface area contributed by atoms with Gasteiger partial charge >= 0.3 is 0 Å². The second kappa shape index (κ2) is 8.29. The molecule has 122 valence electrons. The van der Waals surface area contributed by atoms with E-state index >= 15 is 0 Å². The first-order chi connectivity index (χ1) is 10.3. The van der Waals surface area contributed by atoms with Crippen LogP contribution in [0.4, 0.5) is 0 Å². The van der Waals surface area contributed by atoms with Gasteiger partial charge in [-0.05, 0) is 23.9 Å². The van der Waals surface area contributed by atoms with Crippen LogP contribution in [0.25, 0.3) is 0 Å². The van der Waals surface area contributed by atoms with Crippen molar-refractivity contribution < 1.29 is 22.9 Å². The summed E-state index contributed by atoms with van der Waals surface area (Å²) in [4.78, 5) is 15.9. The summed E-state index contributed by atoms with van der Waals surface area (Å²) in [5.41, 5.74) is 0. The van der Waals surface area contributed by atoms with Crippen molar-refractivity contribution in [1.29, 1.82) is 0 Å². The number of carbonyl (C=O) groups excluding carboxylic acids is 1. The van der Waals surface area contributed by atoms with Gasteiger partial charge in [0.05, 0.1) is 4.90 Å². The van der Waals surface area contributed by atoms with Gasteiger partial charge in [-0.25, -0.2) is 13.1 Å². The van der Waals surface area contributed by atoms with E-state index in [-0.39, 0.29) is 16.3 Å². The molecule has 0 spiro atoms. The lowest BCUT2D eigenvalue weighted by Crippen LogP contribution is -2.43. The maximum Gasteiger partial charge on any atom is 0.289 e. The van der Waals surface area contributed by atoms with Crippen molar-refractivity contribution >= 4 is 15.9 Å². The second-order valence-corrected chi connectivity index (χ2v) is 6.17. The van der Waals surface area contributed by atoms with Gasteiger partial charge in [-0.15, -0.1) is 0 Å². The Hall–Kier alpha value is -2.20. The lowest BCUT2D eigenvalue weighted by molar-refractivity contribution is -0.546. The van der Waals surface area contributed by atoms with Gasteiger partial charge in [-0.3, -0.25) is 4.79 Å². The van der Waals surface area contributed by atoms with E-state index in [1.165, 1.54) is 19.2 Å². The molecular weight excluding hydrogens is 312 g/mol. The van der Waals surface area contributed by atoms with Crippen LogP contribution in [0.15, 0.2) is 40.5 Å². The van der Waals surface area contributed by atoms with Crippen LogP contribution in [0.5, 0.6) is 0 Å². The van der Waals surface area contributed by atoms with Gasteiger partial charge in [-0.2, -0.15) is 0 Å². The van der Waals surface area contributed by atoms with Crippen LogP contribution in [0.3, 0.4) is 0 Å². The zero-order valence-electron chi connectivity index (χ0n) is 12.2. The molecule has 0 radical (unpaired) electrons. The van der Waals surface area contributed by atoms with Gasteiger partial charge in [-0.1, -0.05) is 18.2 Å². The predicted molar refractivity (Wildman–Crippen MR) is 77.2 cm³/mol. The first-order valence-corrected chi connectivity index (χ1v) is 7.86. The molecule has 0 aliphatic carbocycles. The van der Waals surface area contributed by atoms with Crippen molar-refractivity contribution in [2.75, 3.05) is 20.2 Å². The Morgan fingerprint density at radius 3 is 2.64 bits per heavy atom. The highest BCUT2D eigenvalue weighted by Crippen LogP contribution is 2.06. The van der Waals surface area contributed by atoms with Gasteiger partial charge in [0.1, 0.15) is 7.11 Å². The average Bonchev–Trinajstić information content (AvgIpc) is 2.46. The number of rotatable bonds is 8. The third-order valence-corrected chi connectivity index (χ3v) is 3.93. The van der Waals surface area contributed by atoms with Crippen molar-refractivity contribution in [2.45, 2.75) is 17.9 Å². The summed E-state index contributed by atoms with van der Waals surface area (Å²) in [5, 5.41) is 16.5. The molecule has 0 bridgehead atoms. The molecule has 1 rings (SSSR count). The molecule has 0 aliphatic rings. The number of sulfonamides is 1. The Morgan fingerprint density at radius 2 is 2.05 bits per heavy atom. The number of nitrogens with one attached hydrogen (secondary N) is 2. The fraction of sp³-hybridized carbons (Fsp3) is 0.417. The number of amides is 1. The quantitative estimate of drug-likeness (QED) is 0.394. The highest BCUT2D eigenvalue weighted by Gasteiger charge is 2.17. The summed E-state index contributed by atoms with van der Waals surface area (Å²) < 4.78 is 26.3. The minimum atomic E-state index is -3.63. The highest BCUT2D eigenvalue weighted by atomic mass is 32.2. The van der Waals surface area contributed by atoms with Crippen molar-refractivity contribution in [3.63, 3.8) is 0 Å². The Labute approximate surface area is 128 Å². The minimum Gasteiger partial charge on any atom is -0.597 e. The summed E-state index contributed by atoms with van der Waals surface area (Å²) in [6, 6.07) is 7.37. The summed E-state index contributed by atoms with van der Waals surface area (Å²) in [7, 11) is -2.45. The third-order valence-electron chi connectivity index (χ3n) is 2.49. The number of carbonyl (C=O) groups is 1. The van der Waals surface area contributed by atoms with E-state index in [4.69, 9.17) is 0 Å². The van der Waals surface area contributed by atoms with Gasteiger partial charge in [0.25, 0.3) is 12.5 Å². The molecule has 1 aromatic carbocycles. The van der Waals surface area contributed by atoms with Crippen LogP contribution in [0.2, 0.25) is 0 Å². The second-order valence-electron chi connectivity index (χ2n) is 4.41. The Morgan fingerprint density at radius 1 is 1.41 bits per heavy atom. The minimum absolute atomic E-state index is 0.0107. The molecule has 9 nitrogen and oxygen atoms in total. The maximum atomic E-state index is 12.0. The molecule has 2 N–H and O–H groups in total. The van der Waals surface area contributed by atoms with Gasteiger partial charge in [0, 0.05) is 12.6 Å². The molecule has 0 saturated carbocycles. The lowest BCUT2D eigenvalue weighted by atomic mass is 10.3. The molecule has 0 aliphatic heterocycles. The number of benzene rings is 1. The highest BCUT2D eigenvalue weighted by molar-refractivity contribution is 7.89. The summed E-state index contributed by atoms with van der Waals surface area (Å²) in [5.74, 6) is -0.595. The van der Waals surface area contributed by atoms with Crippen LogP contribution in [0, 0.1) is 5.21 Å². The fourth-order valence-corrected chi connectivity index (χ4v) is 2.68. The van der Waals surface area contributed by atoms with Crippen molar-refractivity contribution in [3.8, 4) is 0 Å². The number of nitrogens with zero attached hydrogens (tertiary/aromatic N) is 2. The summed E-state index contributed by atoms with van der Waals surface area (Å²) >= 11 is 0. The molecular formula is C12H18N4O5S. The zero-order chi connectivity index (χ0) is 16.6. The molecule has 1 aromatic rings. The molecule has 1 atom stereocenters. The third kappa shape index (κ3) is 6.06. The molecule has 1 unspecified atom stereocenters. The van der Waals surface area contributed by atoms with E-state index in [9.17, 15) is 18.4 Å². The molecule has 0 heterocycles. The van der Waals surface area contributed by atoms with E-state index in [1.807, 2.05) is 0 Å². The van der Waals surface area contributed by atoms with E-state index in [1.54, 1.807) is 25.1 Å². The SMILES string of the molecule is CO/N=[N+](\[O-])CC(=O)NC(C)CNS(=O)(=O)c1ccccc1. The number of hydrogen-bond acceptors (Lipinski definition) is 6. The molecule has 10 heteroatoms. The van der Waals surface area contributed by atoms with Gasteiger partial charge in [0.15, 0.2) is 5.28 Å². The standard InChI is InChI=1S/C12H18N4O5S/c1-10(14-12(17)9-16(18)15-21-2)8-13-22(19,20)11-6-4-3-5-7-11/h3-7,10,13H,8-9H2,1-2H3,(H,14,17)/b16-15-. The van der Waals surface area contributed by atoms with E-state index < -0.39 is 28.5 Å². The predicted octanol–water partition coefficient (Wildman–Crippen LogP) is -0.00650. The Kier molecular flexibility index (Phi) is 6.73. The number of hydrogen-bond donors (Lipinski definition) is 2. The molecule has 22 heavy (non-hydrogen) atoms. The van der Waals surface area contributed by atoms with Crippen molar-refractivity contribution in [1.82, 2.24) is 10.0 Å². The smallest absolute Gasteiger partial charge is 0.289 e. The van der Waals surface area contributed by atoms with Crippen LogP contribution in [-0.2, 0) is 19.7 Å². The number of hydroxylamine groups is 1. The molecule has 0 fully saturated rings. The summed E-state index contributed by atoms with van der Waals surface area (Å²) in [6.45, 7) is 1.06. The van der Waals surface area contributed by atoms with E-state index in [2.05, 4.69) is 20.2 Å². The van der Waals surface area contributed by atoms with Crippen LogP contribution in [-0.4, -0.2) is 45.4 Å². The van der Waals surface area contributed by atoms with E-state index in [0.29, 0.717) is 0 Å².